The molecule has 6 nitrogen and oxygen atoms in total. The smallest absolute Gasteiger partial charge is 0.267 e. The third-order valence-electron chi connectivity index (χ3n) is 8.74. The number of hydrogen-bond acceptors (Lipinski definition) is 2. The minimum Gasteiger partial charge on any atom is -0.464 e. The fourth-order valence-corrected chi connectivity index (χ4v) is 6.59. The second kappa shape index (κ2) is 12.7. The van der Waals surface area contributed by atoms with E-state index in [2.05, 4.69) is 67.3 Å². The van der Waals surface area contributed by atoms with E-state index < -0.39 is 0 Å². The van der Waals surface area contributed by atoms with Crippen LogP contribution in [0.5, 0.6) is 23.0 Å². The maximum Gasteiger partial charge on any atom is 0.267 e. The molecule has 1 radical (unpaired) electrons. The van der Waals surface area contributed by atoms with Gasteiger partial charge in [0.2, 0.25) is 6.33 Å². The number of hydrogen-bond donors (Lipinski definition) is 0. The van der Waals surface area contributed by atoms with E-state index in [-0.39, 0.29) is 26.8 Å². The largest absolute Gasteiger partial charge is 0.464 e. The summed E-state index contributed by atoms with van der Waals surface area (Å²) in [6.07, 6.45) is 10.6. The van der Waals surface area contributed by atoms with Crippen molar-refractivity contribution < 1.29 is 38.7 Å². The number of aromatic nitrogens is 4. The number of ether oxygens (including phenoxy) is 2. The van der Waals surface area contributed by atoms with Gasteiger partial charge in [0.1, 0.15) is 28.5 Å². The average molecular weight is 811 g/mol. The average Bonchev–Trinajstić information content (AvgIpc) is 3.78. The number of benzene rings is 6. The molecule has 0 saturated heterocycles. The van der Waals surface area contributed by atoms with E-state index in [1.54, 1.807) is 0 Å². The Bertz CT molecular complexity index is 2360. The van der Waals surface area contributed by atoms with Crippen LogP contribution in [0.2, 0.25) is 0 Å². The molecule has 0 bridgehead atoms. The van der Waals surface area contributed by atoms with E-state index in [0.717, 1.165) is 67.5 Å². The van der Waals surface area contributed by atoms with Crippen molar-refractivity contribution in [3.63, 3.8) is 0 Å². The first-order chi connectivity index (χ1) is 23.7. The molecule has 0 saturated carbocycles. The van der Waals surface area contributed by atoms with Gasteiger partial charge in [0.15, 0.2) is 0 Å². The molecule has 2 aliphatic rings. The Kier molecular flexibility index (Phi) is 7.96. The number of nitrogens with zero attached hydrogens (tertiary/aromatic N) is 4. The van der Waals surface area contributed by atoms with Crippen molar-refractivity contribution in [2.45, 2.75) is 0 Å². The van der Waals surface area contributed by atoms with Gasteiger partial charge in [-0.2, -0.15) is 60.7 Å². The van der Waals surface area contributed by atoms with Gasteiger partial charge < -0.3 is 23.2 Å². The van der Waals surface area contributed by atoms with E-state index in [0.29, 0.717) is 0 Å². The first-order valence-corrected chi connectivity index (χ1v) is 15.8. The molecule has 8 heteroatoms. The first kappa shape index (κ1) is 30.6. The summed E-state index contributed by atoms with van der Waals surface area (Å²) < 4.78 is 20.8. The summed E-state index contributed by atoms with van der Waals surface area (Å²) in [5, 5.41) is 0. The van der Waals surface area contributed by atoms with Crippen LogP contribution in [0.15, 0.2) is 146 Å². The number of aryl methyl sites for hydroxylation is 1. The molecule has 0 N–H and O–H groups in total. The Labute approximate surface area is 298 Å². The number of imidazole rings is 2. The van der Waals surface area contributed by atoms with Crippen molar-refractivity contribution in [1.29, 1.82) is 0 Å². The van der Waals surface area contributed by atoms with Crippen molar-refractivity contribution in [2.24, 2.45) is 7.05 Å². The number of para-hydroxylation sites is 5. The molecule has 6 aromatic carbocycles. The van der Waals surface area contributed by atoms with Gasteiger partial charge >= 0.3 is 0 Å². The van der Waals surface area contributed by atoms with E-state index in [4.69, 9.17) is 9.47 Å². The zero-order valence-electron chi connectivity index (χ0n) is 26.4. The Hall–Kier alpha value is -5.69. The molecular weight excluding hydrogens is 784 g/mol. The zero-order valence-corrected chi connectivity index (χ0v) is 28.8. The maximum absolute atomic E-state index is 6.54. The van der Waals surface area contributed by atoms with Crippen LogP contribution < -0.4 is 35.0 Å². The molecule has 10 rings (SSSR count). The van der Waals surface area contributed by atoms with Gasteiger partial charge in [-0.1, -0.05) is 60.3 Å². The van der Waals surface area contributed by atoms with E-state index in [1.807, 2.05) is 129 Å². The van der Waals surface area contributed by atoms with E-state index >= 15 is 0 Å². The van der Waals surface area contributed by atoms with E-state index in [1.165, 1.54) is 0 Å². The third kappa shape index (κ3) is 5.36. The second-order valence-corrected chi connectivity index (χ2v) is 11.7. The number of rotatable bonds is 3. The standard InChI is InChI=1S/C26H16BN2O2.C15H11N2.Ir/c1-28-16-29(17-9-3-2-4-10-17)20-15-23-24-26(25(20)28)31-22-14-8-6-12-19(22)27(24)18-11-5-7-13-21(18)30-23;1-3-7-14(8-4-1)16-11-12-17(13-16)15-9-5-2-6-10-15;/h2-9,11-15H,1H3;1-9,11-12H;/q2*-1;. The Morgan fingerprint density at radius 3 is 1.98 bits per heavy atom. The third-order valence-corrected chi connectivity index (χ3v) is 8.74. The maximum atomic E-state index is 6.54. The van der Waals surface area contributed by atoms with Gasteiger partial charge in [-0.05, 0) is 46.9 Å². The second-order valence-electron chi connectivity index (χ2n) is 11.7. The summed E-state index contributed by atoms with van der Waals surface area (Å²) in [6, 6.07) is 51.0. The Morgan fingerprint density at radius 2 is 1.29 bits per heavy atom. The van der Waals surface area contributed by atoms with Crippen LogP contribution in [0, 0.1) is 24.8 Å². The molecule has 2 aromatic heterocycles. The summed E-state index contributed by atoms with van der Waals surface area (Å²) in [5.41, 5.74) is 8.36. The zero-order chi connectivity index (χ0) is 32.0. The van der Waals surface area contributed by atoms with Gasteiger partial charge in [-0.3, -0.25) is 4.57 Å². The van der Waals surface area contributed by atoms with Crippen molar-refractivity contribution in [2.75, 3.05) is 0 Å². The van der Waals surface area contributed by atoms with Crippen LogP contribution in [0.3, 0.4) is 0 Å². The summed E-state index contributed by atoms with van der Waals surface area (Å²) in [4.78, 5) is 0. The van der Waals surface area contributed by atoms with Crippen LogP contribution >= 0.6 is 0 Å². The van der Waals surface area contributed by atoms with Gasteiger partial charge in [-0.25, -0.2) is 0 Å². The monoisotopic (exact) mass is 811 g/mol. The van der Waals surface area contributed by atoms with Gasteiger partial charge in [0, 0.05) is 38.0 Å². The fraction of sp³-hybridized carbons (Fsp3) is 0.0244. The minimum absolute atomic E-state index is 0. The summed E-state index contributed by atoms with van der Waals surface area (Å²) in [5.74, 6) is 3.43. The normalized spacial score (nSPS) is 11.9. The molecule has 0 spiro atoms. The molecule has 0 atom stereocenters. The van der Waals surface area contributed by atoms with Crippen molar-refractivity contribution in [1.82, 2.24) is 9.13 Å². The minimum atomic E-state index is 0. The molecule has 237 valence electrons. The SMILES string of the molecule is C[n+]1[c-]n(-c2[c-]cccc2)c2cc3c4c(c21)Oc1ccccc1B4c1ccccc1O3.[Ir].[c-]1ccccc1-n1[c-][n+](-c2ccccc2)cc1. The summed E-state index contributed by atoms with van der Waals surface area (Å²) >= 11 is 0. The van der Waals surface area contributed by atoms with Gasteiger partial charge in [0.05, 0.1) is 18.3 Å². The molecule has 0 amide bonds. The molecular formula is C41H27BIrN4O2-2. The van der Waals surface area contributed by atoms with Gasteiger partial charge in [0.25, 0.3) is 13.0 Å². The molecule has 0 aliphatic carbocycles. The number of fused-ring (bicyclic) bond motifs is 6. The van der Waals surface area contributed by atoms with Crippen LogP contribution in [0.4, 0.5) is 0 Å². The quantitative estimate of drug-likeness (QED) is 0.141. The Balaban J connectivity index is 0.000000165. The fourth-order valence-electron chi connectivity index (χ4n) is 6.59. The van der Waals surface area contributed by atoms with Crippen molar-refractivity contribution >= 4 is 34.1 Å². The molecule has 0 fully saturated rings. The van der Waals surface area contributed by atoms with Crippen LogP contribution in [0.25, 0.3) is 28.1 Å². The summed E-state index contributed by atoms with van der Waals surface area (Å²) in [6.45, 7) is 0.0657. The molecule has 49 heavy (non-hydrogen) atoms. The van der Waals surface area contributed by atoms with E-state index in [9.17, 15) is 0 Å². The molecule has 2 aliphatic heterocycles. The van der Waals surface area contributed by atoms with Gasteiger partial charge in [-0.15, -0.1) is 0 Å². The van der Waals surface area contributed by atoms with Crippen LogP contribution in [-0.2, 0) is 27.2 Å². The molecule has 8 aromatic rings. The topological polar surface area (TPSA) is 36.1 Å². The molecule has 0 unspecified atom stereocenters. The predicted molar refractivity (Wildman–Crippen MR) is 185 cm³/mol. The van der Waals surface area contributed by atoms with Crippen molar-refractivity contribution in [3.8, 4) is 40.1 Å². The molecule has 4 heterocycles. The summed E-state index contributed by atoms with van der Waals surface area (Å²) in [7, 11) is 2.00. The van der Waals surface area contributed by atoms with Crippen LogP contribution in [-0.4, -0.2) is 15.8 Å². The first-order valence-electron chi connectivity index (χ1n) is 15.8. The van der Waals surface area contributed by atoms with Crippen LogP contribution in [0.1, 0.15) is 0 Å². The predicted octanol–water partition coefficient (Wildman–Crippen LogP) is 5.13. The Morgan fingerprint density at radius 1 is 0.653 bits per heavy atom. The van der Waals surface area contributed by atoms with Crippen molar-refractivity contribution in [3.05, 3.63) is 171 Å².